The second kappa shape index (κ2) is 5.38. The second-order valence-corrected chi connectivity index (χ2v) is 3.79. The fourth-order valence-electron chi connectivity index (χ4n) is 1.49. The highest BCUT2D eigenvalue weighted by molar-refractivity contribution is 6.03. The van der Waals surface area contributed by atoms with Gasteiger partial charge in [-0.05, 0) is 32.0 Å². The molecule has 0 aliphatic carbocycles. The van der Waals surface area contributed by atoms with Gasteiger partial charge in [0.1, 0.15) is 5.75 Å². The lowest BCUT2D eigenvalue weighted by molar-refractivity contribution is 0.102. The van der Waals surface area contributed by atoms with Crippen molar-refractivity contribution in [3.8, 4) is 5.75 Å². The van der Waals surface area contributed by atoms with E-state index in [-0.39, 0.29) is 11.9 Å². The van der Waals surface area contributed by atoms with Crippen LogP contribution in [-0.2, 0) is 0 Å². The van der Waals surface area contributed by atoms with Gasteiger partial charge >= 0.3 is 6.01 Å². The summed E-state index contributed by atoms with van der Waals surface area (Å²) in [7, 11) is 0. The molecule has 1 aromatic heterocycles. The van der Waals surface area contributed by atoms with Crippen LogP contribution in [0.3, 0.4) is 0 Å². The lowest BCUT2D eigenvalue weighted by atomic mass is 10.2. The van der Waals surface area contributed by atoms with Crippen molar-refractivity contribution in [2.45, 2.75) is 13.8 Å². The molecule has 0 saturated heterocycles. The number of amides is 1. The molecule has 0 saturated carbocycles. The molecule has 0 bridgehead atoms. The van der Waals surface area contributed by atoms with Crippen LogP contribution < -0.4 is 15.8 Å². The third-order valence-electron chi connectivity index (χ3n) is 2.32. The maximum absolute atomic E-state index is 11.9. The highest BCUT2D eigenvalue weighted by atomic mass is 16.5. The highest BCUT2D eigenvalue weighted by Crippen LogP contribution is 2.22. The molecule has 0 radical (unpaired) electrons. The van der Waals surface area contributed by atoms with Crippen LogP contribution in [0.1, 0.15) is 23.1 Å². The molecule has 3 N–H and O–H groups in total. The monoisotopic (exact) mass is 262 g/mol. The van der Waals surface area contributed by atoms with Gasteiger partial charge in [0, 0.05) is 5.56 Å². The summed E-state index contributed by atoms with van der Waals surface area (Å²) in [6.07, 6.45) is 0. The van der Waals surface area contributed by atoms with Gasteiger partial charge in [-0.25, -0.2) is 0 Å². The number of nitrogens with one attached hydrogen (secondary N) is 1. The van der Waals surface area contributed by atoms with Gasteiger partial charge in [0.15, 0.2) is 5.82 Å². The number of nitrogen functional groups attached to an aromatic ring is 1. The van der Waals surface area contributed by atoms with Gasteiger partial charge in [-0.3, -0.25) is 10.1 Å². The largest absolute Gasteiger partial charge is 0.492 e. The number of nitrogens with two attached hydrogens (primary N) is 1. The number of aryl methyl sites for hydroxylation is 1. The molecule has 1 amide bonds. The number of benzene rings is 1. The number of anilines is 2. The average molecular weight is 262 g/mol. The number of hydrogen-bond acceptors (Lipinski definition) is 6. The summed E-state index contributed by atoms with van der Waals surface area (Å²) < 4.78 is 10.1. The van der Waals surface area contributed by atoms with Crippen molar-refractivity contribution < 1.29 is 14.1 Å². The minimum atomic E-state index is -0.376. The first kappa shape index (κ1) is 12.9. The summed E-state index contributed by atoms with van der Waals surface area (Å²) in [6, 6.07) is 4.84. The number of nitrogens with zero attached hydrogens (tertiary/aromatic N) is 2. The van der Waals surface area contributed by atoms with E-state index in [9.17, 15) is 4.79 Å². The quantitative estimate of drug-likeness (QED) is 0.811. The number of rotatable bonds is 4. The fourth-order valence-corrected chi connectivity index (χ4v) is 1.49. The molecule has 0 spiro atoms. The predicted octanol–water partition coefficient (Wildman–Crippen LogP) is 1.61. The molecule has 7 nitrogen and oxygen atoms in total. The summed E-state index contributed by atoms with van der Waals surface area (Å²) in [6.45, 7) is 4.03. The van der Waals surface area contributed by atoms with Crippen LogP contribution in [-0.4, -0.2) is 22.7 Å². The fraction of sp³-hybridized carbons (Fsp3) is 0.250. The van der Waals surface area contributed by atoms with Gasteiger partial charge < -0.3 is 15.0 Å². The maximum Gasteiger partial charge on any atom is 0.328 e. The smallest absolute Gasteiger partial charge is 0.328 e. The summed E-state index contributed by atoms with van der Waals surface area (Å²) >= 11 is 0. The lowest BCUT2D eigenvalue weighted by Crippen LogP contribution is -2.12. The van der Waals surface area contributed by atoms with Crippen LogP contribution in [0, 0.1) is 6.92 Å². The third kappa shape index (κ3) is 3.01. The van der Waals surface area contributed by atoms with E-state index in [4.69, 9.17) is 15.0 Å². The number of carbonyl (C=O) groups is 1. The second-order valence-electron chi connectivity index (χ2n) is 3.79. The third-order valence-corrected chi connectivity index (χ3v) is 2.32. The van der Waals surface area contributed by atoms with E-state index >= 15 is 0 Å². The van der Waals surface area contributed by atoms with Gasteiger partial charge in [-0.15, -0.1) is 0 Å². The molecule has 0 unspecified atom stereocenters. The van der Waals surface area contributed by atoms with Crippen molar-refractivity contribution in [1.82, 2.24) is 10.1 Å². The molecule has 1 aromatic carbocycles. The zero-order valence-corrected chi connectivity index (χ0v) is 10.6. The Hall–Kier alpha value is -2.57. The standard InChI is InChI=1S/C12H14N4O3/c1-3-18-10-5-4-8(6-9(10)13)11(17)15-12-14-7(2)16-19-12/h4-6H,3,13H2,1-2H3,(H,14,15,16,17). The molecule has 0 fully saturated rings. The Morgan fingerprint density at radius 3 is 2.89 bits per heavy atom. The SMILES string of the molecule is CCOc1ccc(C(=O)Nc2nc(C)no2)cc1N. The Morgan fingerprint density at radius 2 is 2.32 bits per heavy atom. The van der Waals surface area contributed by atoms with Crippen LogP contribution in [0.15, 0.2) is 22.7 Å². The first-order chi connectivity index (χ1) is 9.10. The number of ether oxygens (including phenoxy) is 1. The molecule has 100 valence electrons. The molecule has 0 aliphatic heterocycles. The van der Waals surface area contributed by atoms with Crippen molar-refractivity contribution in [3.63, 3.8) is 0 Å². The van der Waals surface area contributed by atoms with Crippen molar-refractivity contribution in [3.05, 3.63) is 29.6 Å². The average Bonchev–Trinajstić information content (AvgIpc) is 2.77. The molecule has 7 heteroatoms. The van der Waals surface area contributed by atoms with Crippen LogP contribution in [0.4, 0.5) is 11.7 Å². The summed E-state index contributed by atoms with van der Waals surface area (Å²) in [5.74, 6) is 0.618. The van der Waals surface area contributed by atoms with Gasteiger partial charge in [0.2, 0.25) is 0 Å². The van der Waals surface area contributed by atoms with Crippen LogP contribution in [0.25, 0.3) is 0 Å². The Balaban J connectivity index is 2.13. The Bertz CT molecular complexity index is 594. The molecule has 0 atom stereocenters. The summed E-state index contributed by atoms with van der Waals surface area (Å²) in [4.78, 5) is 15.8. The number of carbonyl (C=O) groups excluding carboxylic acids is 1. The molecular formula is C12H14N4O3. The van der Waals surface area contributed by atoms with Crippen molar-refractivity contribution >= 4 is 17.6 Å². The van der Waals surface area contributed by atoms with Crippen molar-refractivity contribution in [2.24, 2.45) is 0 Å². The highest BCUT2D eigenvalue weighted by Gasteiger charge is 2.12. The number of aromatic nitrogens is 2. The molecule has 1 heterocycles. The van der Waals surface area contributed by atoms with E-state index in [2.05, 4.69) is 15.5 Å². The Labute approximate surface area is 109 Å². The molecule has 0 aliphatic rings. The van der Waals surface area contributed by atoms with E-state index in [1.54, 1.807) is 19.1 Å². The molecule has 19 heavy (non-hydrogen) atoms. The van der Waals surface area contributed by atoms with Gasteiger partial charge in [0.25, 0.3) is 5.91 Å². The summed E-state index contributed by atoms with van der Waals surface area (Å²) in [5.41, 5.74) is 6.57. The van der Waals surface area contributed by atoms with Crippen LogP contribution in [0.2, 0.25) is 0 Å². The first-order valence-corrected chi connectivity index (χ1v) is 5.74. The zero-order valence-electron chi connectivity index (χ0n) is 10.6. The van der Waals surface area contributed by atoms with E-state index in [0.717, 1.165) is 0 Å². The lowest BCUT2D eigenvalue weighted by Gasteiger charge is -2.08. The van der Waals surface area contributed by atoms with E-state index in [1.807, 2.05) is 6.92 Å². The minimum Gasteiger partial charge on any atom is -0.492 e. The van der Waals surface area contributed by atoms with Crippen LogP contribution in [0.5, 0.6) is 5.75 Å². The summed E-state index contributed by atoms with van der Waals surface area (Å²) in [5, 5.41) is 6.06. The number of hydrogen-bond donors (Lipinski definition) is 2. The van der Waals surface area contributed by atoms with Crippen molar-refractivity contribution in [1.29, 1.82) is 0 Å². The zero-order chi connectivity index (χ0) is 13.8. The van der Waals surface area contributed by atoms with E-state index in [1.165, 1.54) is 6.07 Å². The van der Waals surface area contributed by atoms with Gasteiger partial charge in [-0.2, -0.15) is 4.98 Å². The molecular weight excluding hydrogens is 248 g/mol. The van der Waals surface area contributed by atoms with Crippen LogP contribution >= 0.6 is 0 Å². The van der Waals surface area contributed by atoms with E-state index < -0.39 is 0 Å². The first-order valence-electron chi connectivity index (χ1n) is 5.74. The van der Waals surface area contributed by atoms with Gasteiger partial charge in [-0.1, -0.05) is 5.16 Å². The Morgan fingerprint density at radius 1 is 1.53 bits per heavy atom. The predicted molar refractivity (Wildman–Crippen MR) is 69.0 cm³/mol. The van der Waals surface area contributed by atoms with Crippen molar-refractivity contribution in [2.75, 3.05) is 17.7 Å². The topological polar surface area (TPSA) is 103 Å². The Kier molecular flexibility index (Phi) is 3.65. The maximum atomic E-state index is 11.9. The molecule has 2 aromatic rings. The van der Waals surface area contributed by atoms with Gasteiger partial charge in [0.05, 0.1) is 12.3 Å². The minimum absolute atomic E-state index is 0.0509. The molecule has 2 rings (SSSR count). The normalized spacial score (nSPS) is 10.2. The van der Waals surface area contributed by atoms with E-state index in [0.29, 0.717) is 29.4 Å².